The number of nitrogens with two attached hydrogens (primary N) is 1. The van der Waals surface area contributed by atoms with E-state index in [9.17, 15) is 4.21 Å². The Balaban J connectivity index is 1.99. The fourth-order valence-electron chi connectivity index (χ4n) is 2.37. The summed E-state index contributed by atoms with van der Waals surface area (Å²) in [4.78, 5) is 0. The first kappa shape index (κ1) is 15.8. The van der Waals surface area contributed by atoms with Gasteiger partial charge in [-0.15, -0.1) is 0 Å². The van der Waals surface area contributed by atoms with Gasteiger partial charge in [0, 0.05) is 34.9 Å². The number of ether oxygens (including phenoxy) is 1. The van der Waals surface area contributed by atoms with E-state index in [1.807, 2.05) is 12.1 Å². The van der Waals surface area contributed by atoms with Crippen molar-refractivity contribution in [2.75, 3.05) is 18.6 Å². The van der Waals surface area contributed by atoms with Crippen molar-refractivity contribution in [2.45, 2.75) is 25.4 Å². The topological polar surface area (TPSA) is 96.9 Å². The number of methoxy groups -OCH3 is 1. The average Bonchev–Trinajstić information content (AvgIpc) is 2.53. The molecule has 1 aliphatic rings. The summed E-state index contributed by atoms with van der Waals surface area (Å²) in [5.41, 5.74) is 7.23. The quantitative estimate of drug-likeness (QED) is 0.323. The predicted molar refractivity (Wildman–Crippen MR) is 83.2 cm³/mol. The largest absolute Gasteiger partial charge is 0.496 e. The van der Waals surface area contributed by atoms with E-state index in [1.165, 1.54) is 0 Å². The molecule has 0 radical (unpaired) electrons. The van der Waals surface area contributed by atoms with Crippen molar-refractivity contribution in [3.63, 3.8) is 0 Å². The Bertz CT molecular complexity index is 538. The maximum atomic E-state index is 11.3. The molecule has 1 aliphatic heterocycles. The van der Waals surface area contributed by atoms with Gasteiger partial charge >= 0.3 is 0 Å². The molecule has 116 valence electrons. The van der Waals surface area contributed by atoms with Crippen LogP contribution in [0.25, 0.3) is 0 Å². The molecule has 0 saturated carbocycles. The van der Waals surface area contributed by atoms with Gasteiger partial charge in [-0.1, -0.05) is 11.2 Å². The van der Waals surface area contributed by atoms with Crippen LogP contribution in [0.15, 0.2) is 23.4 Å². The Kier molecular flexibility index (Phi) is 5.58. The van der Waals surface area contributed by atoms with E-state index in [1.54, 1.807) is 13.2 Å². The van der Waals surface area contributed by atoms with Crippen LogP contribution in [0.2, 0.25) is 0 Å². The molecule has 0 amide bonds. The lowest BCUT2D eigenvalue weighted by Gasteiger charge is -2.22. The molecular formula is C14H21N3O3S. The summed E-state index contributed by atoms with van der Waals surface area (Å²) in [7, 11) is 0.918. The van der Waals surface area contributed by atoms with Gasteiger partial charge in [0.1, 0.15) is 5.75 Å². The average molecular weight is 311 g/mol. The highest BCUT2D eigenvalue weighted by Gasteiger charge is 2.17. The molecule has 0 aliphatic carbocycles. The number of rotatable bonds is 5. The molecule has 1 fully saturated rings. The molecule has 1 aromatic rings. The maximum absolute atomic E-state index is 11.3. The van der Waals surface area contributed by atoms with E-state index in [0.29, 0.717) is 23.9 Å². The Morgan fingerprint density at radius 3 is 2.86 bits per heavy atom. The van der Waals surface area contributed by atoms with E-state index >= 15 is 0 Å². The zero-order valence-corrected chi connectivity index (χ0v) is 12.9. The lowest BCUT2D eigenvalue weighted by atomic mass is 10.1. The summed E-state index contributed by atoms with van der Waals surface area (Å²) in [5, 5.41) is 15.2. The van der Waals surface area contributed by atoms with Crippen molar-refractivity contribution < 1.29 is 14.2 Å². The van der Waals surface area contributed by atoms with Crippen LogP contribution in [0.4, 0.5) is 0 Å². The molecule has 2 rings (SSSR count). The van der Waals surface area contributed by atoms with E-state index in [-0.39, 0.29) is 5.84 Å². The lowest BCUT2D eigenvalue weighted by Crippen LogP contribution is -2.35. The number of benzene rings is 1. The van der Waals surface area contributed by atoms with Gasteiger partial charge < -0.3 is 21.0 Å². The number of nitrogens with one attached hydrogen (secondary N) is 1. The summed E-state index contributed by atoms with van der Waals surface area (Å²) in [6.07, 6.45) is 1.90. The molecule has 6 nitrogen and oxygen atoms in total. The normalized spacial score (nSPS) is 23.0. The number of nitrogens with zero attached hydrogens (tertiary/aromatic N) is 1. The van der Waals surface area contributed by atoms with E-state index in [2.05, 4.69) is 10.5 Å². The van der Waals surface area contributed by atoms with Crippen molar-refractivity contribution in [1.82, 2.24) is 5.32 Å². The molecule has 0 spiro atoms. The molecular weight excluding hydrogens is 290 g/mol. The third-order valence-electron chi connectivity index (χ3n) is 3.63. The Hall–Kier alpha value is -1.60. The minimum atomic E-state index is -0.634. The third kappa shape index (κ3) is 4.18. The Morgan fingerprint density at radius 2 is 2.24 bits per heavy atom. The fraction of sp³-hybridized carbons (Fsp3) is 0.500. The summed E-state index contributed by atoms with van der Waals surface area (Å²) >= 11 is 0. The van der Waals surface area contributed by atoms with Crippen molar-refractivity contribution >= 4 is 16.6 Å². The first-order chi connectivity index (χ1) is 10.1. The summed E-state index contributed by atoms with van der Waals surface area (Å²) < 4.78 is 16.6. The van der Waals surface area contributed by atoms with Crippen LogP contribution in [0.5, 0.6) is 5.75 Å². The van der Waals surface area contributed by atoms with Crippen LogP contribution in [-0.4, -0.2) is 39.9 Å². The third-order valence-corrected chi connectivity index (χ3v) is 5.01. The zero-order valence-electron chi connectivity index (χ0n) is 12.0. The minimum absolute atomic E-state index is 0.0288. The standard InChI is InChI=1S/C14H21N3O3S/c1-20-13-8-10(2-3-12(13)14(15)17-18)9-16-11-4-6-21(19)7-5-11/h2-3,8,11,16,18H,4-7,9H2,1H3,(H2,15,17). The van der Waals surface area contributed by atoms with Crippen LogP contribution in [0, 0.1) is 0 Å². The first-order valence-corrected chi connectivity index (χ1v) is 8.36. The smallest absolute Gasteiger partial charge is 0.173 e. The second kappa shape index (κ2) is 7.42. The molecule has 21 heavy (non-hydrogen) atoms. The van der Waals surface area contributed by atoms with Crippen LogP contribution in [0.1, 0.15) is 24.0 Å². The van der Waals surface area contributed by atoms with Gasteiger partial charge in [0.25, 0.3) is 0 Å². The fourth-order valence-corrected chi connectivity index (χ4v) is 3.67. The van der Waals surface area contributed by atoms with Crippen molar-refractivity contribution in [2.24, 2.45) is 10.9 Å². The second-order valence-electron chi connectivity index (χ2n) is 5.02. The molecule has 1 heterocycles. The number of hydrogen-bond donors (Lipinski definition) is 3. The van der Waals surface area contributed by atoms with Crippen LogP contribution < -0.4 is 15.8 Å². The van der Waals surface area contributed by atoms with Crippen molar-refractivity contribution in [3.05, 3.63) is 29.3 Å². The van der Waals surface area contributed by atoms with Gasteiger partial charge in [-0.3, -0.25) is 4.21 Å². The molecule has 1 saturated heterocycles. The highest BCUT2D eigenvalue weighted by atomic mass is 32.2. The van der Waals surface area contributed by atoms with Crippen LogP contribution >= 0.6 is 0 Å². The summed E-state index contributed by atoms with van der Waals surface area (Å²) in [6.45, 7) is 0.712. The lowest BCUT2D eigenvalue weighted by molar-refractivity contribution is 0.318. The monoisotopic (exact) mass is 311 g/mol. The van der Waals surface area contributed by atoms with Gasteiger partial charge in [0.2, 0.25) is 0 Å². The van der Waals surface area contributed by atoms with E-state index in [4.69, 9.17) is 15.7 Å². The van der Waals surface area contributed by atoms with Gasteiger partial charge in [-0.25, -0.2) is 0 Å². The second-order valence-corrected chi connectivity index (χ2v) is 6.72. The van der Waals surface area contributed by atoms with E-state index in [0.717, 1.165) is 29.9 Å². The Morgan fingerprint density at radius 1 is 1.52 bits per heavy atom. The minimum Gasteiger partial charge on any atom is -0.496 e. The predicted octanol–water partition coefficient (Wildman–Crippen LogP) is 0.790. The van der Waals surface area contributed by atoms with Crippen molar-refractivity contribution in [1.29, 1.82) is 0 Å². The highest BCUT2D eigenvalue weighted by Crippen LogP contribution is 2.20. The molecule has 7 heteroatoms. The Labute approximate surface area is 126 Å². The van der Waals surface area contributed by atoms with Gasteiger partial charge in [-0.05, 0) is 30.5 Å². The molecule has 4 N–H and O–H groups in total. The van der Waals surface area contributed by atoms with Gasteiger partial charge in [0.05, 0.1) is 12.7 Å². The summed E-state index contributed by atoms with van der Waals surface area (Å²) in [5.74, 6) is 2.17. The molecule has 0 aromatic heterocycles. The molecule has 0 unspecified atom stereocenters. The summed E-state index contributed by atoms with van der Waals surface area (Å²) in [6, 6.07) is 5.99. The molecule has 0 bridgehead atoms. The zero-order chi connectivity index (χ0) is 15.2. The van der Waals surface area contributed by atoms with E-state index < -0.39 is 10.8 Å². The molecule has 1 aromatic carbocycles. The van der Waals surface area contributed by atoms with Gasteiger partial charge in [-0.2, -0.15) is 0 Å². The maximum Gasteiger partial charge on any atom is 0.173 e. The van der Waals surface area contributed by atoms with Crippen LogP contribution in [0.3, 0.4) is 0 Å². The number of oxime groups is 1. The highest BCUT2D eigenvalue weighted by molar-refractivity contribution is 7.85. The van der Waals surface area contributed by atoms with Crippen molar-refractivity contribution in [3.8, 4) is 5.75 Å². The first-order valence-electron chi connectivity index (χ1n) is 6.87. The van der Waals surface area contributed by atoms with Crippen LogP contribution in [-0.2, 0) is 17.3 Å². The number of hydrogen-bond acceptors (Lipinski definition) is 5. The van der Waals surface area contributed by atoms with Gasteiger partial charge in [0.15, 0.2) is 5.84 Å². The molecule has 0 atom stereocenters. The number of amidine groups is 1. The SMILES string of the molecule is COc1cc(CNC2CCS(=O)CC2)ccc1/C(N)=N/O.